The lowest BCUT2D eigenvalue weighted by Gasteiger charge is -2.11. The van der Waals surface area contributed by atoms with E-state index < -0.39 is 0 Å². The highest BCUT2D eigenvalue weighted by Crippen LogP contribution is 2.40. The average molecular weight is 804 g/mol. The Hall–Kier alpha value is -8.47. The molecule has 0 N–H and O–H groups in total. The first-order valence-corrected chi connectivity index (χ1v) is 21.4. The maximum absolute atomic E-state index is 6.49. The van der Waals surface area contributed by atoms with Crippen LogP contribution in [0.15, 0.2) is 229 Å². The van der Waals surface area contributed by atoms with Crippen molar-refractivity contribution in [3.05, 3.63) is 224 Å². The van der Waals surface area contributed by atoms with Crippen LogP contribution in [0.2, 0.25) is 0 Å². The Bertz CT molecular complexity index is 3760. The number of rotatable bonds is 6. The Morgan fingerprint density at radius 2 is 0.714 bits per heavy atom. The molecule has 0 aliphatic heterocycles. The summed E-state index contributed by atoms with van der Waals surface area (Å²) in [7, 11) is 0. The zero-order valence-electron chi connectivity index (χ0n) is 34.1. The van der Waals surface area contributed by atoms with Crippen LogP contribution in [0.4, 0.5) is 0 Å². The standard InChI is InChI=1S/C59H37N3O/c1-3-13-38(14-4-1)40-25-29-56-48(34-40)49-35-41(39-15-5-2-6-16-39)26-30-57(49)62(56)45-28-32-59-51(37-45)50-36-43(27-31-58(50)63-59)53-22-12-21-52(60-53)42-17-11-18-44(33-42)61-54-23-9-7-19-46(54)47-20-8-10-24-55(47)61/h1-37H. The molecular weight excluding hydrogens is 767 g/mol. The molecule has 63 heavy (non-hydrogen) atoms. The molecule has 0 atom stereocenters. The number of pyridine rings is 1. The van der Waals surface area contributed by atoms with Crippen LogP contribution in [0.25, 0.3) is 122 Å². The lowest BCUT2D eigenvalue weighted by atomic mass is 10.0. The molecule has 0 saturated carbocycles. The number of benzene rings is 9. The number of hydrogen-bond donors (Lipinski definition) is 0. The van der Waals surface area contributed by atoms with Gasteiger partial charge in [0.15, 0.2) is 0 Å². The number of fused-ring (bicyclic) bond motifs is 9. The minimum Gasteiger partial charge on any atom is -0.456 e. The van der Waals surface area contributed by atoms with Gasteiger partial charge in [0.05, 0.1) is 33.5 Å². The first-order chi connectivity index (χ1) is 31.2. The van der Waals surface area contributed by atoms with E-state index in [2.05, 4.69) is 234 Å². The fourth-order valence-electron chi connectivity index (χ4n) is 9.75. The SMILES string of the molecule is c1ccc(-c2ccc3c(c2)c2cc(-c4ccccc4)ccc2n3-c2ccc3oc4ccc(-c5cccc(-c6cccc(-n7c8ccccc8c8ccccc87)c6)n5)cc4c3c2)cc1. The molecule has 0 saturated heterocycles. The van der Waals surface area contributed by atoms with Crippen molar-refractivity contribution in [3.63, 3.8) is 0 Å². The molecule has 13 aromatic rings. The van der Waals surface area contributed by atoms with Gasteiger partial charge in [-0.05, 0) is 119 Å². The number of furan rings is 1. The lowest BCUT2D eigenvalue weighted by Crippen LogP contribution is -1.95. The molecule has 4 aromatic heterocycles. The van der Waals surface area contributed by atoms with E-state index in [-0.39, 0.29) is 0 Å². The first kappa shape index (κ1) is 35.3. The predicted octanol–water partition coefficient (Wildman–Crippen LogP) is 15.8. The van der Waals surface area contributed by atoms with Gasteiger partial charge >= 0.3 is 0 Å². The van der Waals surface area contributed by atoms with Gasteiger partial charge in [-0.3, -0.25) is 0 Å². The number of para-hydroxylation sites is 2. The zero-order chi connectivity index (χ0) is 41.4. The fraction of sp³-hybridized carbons (Fsp3) is 0. The average Bonchev–Trinajstić information content (AvgIpc) is 4.01. The molecule has 0 fully saturated rings. The van der Waals surface area contributed by atoms with Gasteiger partial charge in [-0.25, -0.2) is 4.98 Å². The molecule has 0 unspecified atom stereocenters. The van der Waals surface area contributed by atoms with Crippen molar-refractivity contribution >= 4 is 65.6 Å². The summed E-state index contributed by atoms with van der Waals surface area (Å²) in [6, 6.07) is 80.3. The second-order valence-electron chi connectivity index (χ2n) is 16.4. The van der Waals surface area contributed by atoms with Crippen LogP contribution in [-0.2, 0) is 0 Å². The van der Waals surface area contributed by atoms with E-state index in [1.165, 1.54) is 54.8 Å². The van der Waals surface area contributed by atoms with Gasteiger partial charge in [-0.15, -0.1) is 0 Å². The summed E-state index contributed by atoms with van der Waals surface area (Å²) in [6.45, 7) is 0. The van der Waals surface area contributed by atoms with Crippen molar-refractivity contribution in [3.8, 4) is 56.1 Å². The maximum Gasteiger partial charge on any atom is 0.135 e. The van der Waals surface area contributed by atoms with Gasteiger partial charge in [0, 0.05) is 54.8 Å². The highest BCUT2D eigenvalue weighted by Gasteiger charge is 2.18. The summed E-state index contributed by atoms with van der Waals surface area (Å²) in [6.07, 6.45) is 0. The Balaban J connectivity index is 0.918. The van der Waals surface area contributed by atoms with Crippen LogP contribution in [0.5, 0.6) is 0 Å². The quantitative estimate of drug-likeness (QED) is 0.168. The monoisotopic (exact) mass is 803 g/mol. The largest absolute Gasteiger partial charge is 0.456 e. The number of nitrogens with zero attached hydrogens (tertiary/aromatic N) is 3. The molecule has 0 aliphatic carbocycles. The third-order valence-electron chi connectivity index (χ3n) is 12.7. The predicted molar refractivity (Wildman–Crippen MR) is 262 cm³/mol. The minimum absolute atomic E-state index is 0.850. The summed E-state index contributed by atoms with van der Waals surface area (Å²) in [5, 5.41) is 7.06. The highest BCUT2D eigenvalue weighted by molar-refractivity contribution is 6.13. The van der Waals surface area contributed by atoms with Crippen molar-refractivity contribution in [2.45, 2.75) is 0 Å². The Morgan fingerprint density at radius 3 is 1.33 bits per heavy atom. The molecule has 0 radical (unpaired) electrons. The van der Waals surface area contributed by atoms with Crippen molar-refractivity contribution in [2.75, 3.05) is 0 Å². The van der Waals surface area contributed by atoms with E-state index in [4.69, 9.17) is 9.40 Å². The van der Waals surface area contributed by atoms with Crippen LogP contribution >= 0.6 is 0 Å². The Morgan fingerprint density at radius 1 is 0.270 bits per heavy atom. The zero-order valence-corrected chi connectivity index (χ0v) is 34.1. The second kappa shape index (κ2) is 14.1. The number of aromatic nitrogens is 3. The first-order valence-electron chi connectivity index (χ1n) is 21.4. The van der Waals surface area contributed by atoms with Crippen molar-refractivity contribution in [1.82, 2.24) is 14.1 Å². The van der Waals surface area contributed by atoms with Gasteiger partial charge in [0.1, 0.15) is 11.2 Å². The molecule has 9 aromatic carbocycles. The van der Waals surface area contributed by atoms with Gasteiger partial charge in [-0.1, -0.05) is 127 Å². The minimum atomic E-state index is 0.850. The molecule has 4 heteroatoms. The summed E-state index contributed by atoms with van der Waals surface area (Å²) in [4.78, 5) is 5.27. The van der Waals surface area contributed by atoms with Gasteiger partial charge in [-0.2, -0.15) is 0 Å². The highest BCUT2D eigenvalue weighted by atomic mass is 16.3. The third-order valence-corrected chi connectivity index (χ3v) is 12.7. The topological polar surface area (TPSA) is 35.9 Å². The van der Waals surface area contributed by atoms with Crippen molar-refractivity contribution in [2.24, 2.45) is 0 Å². The van der Waals surface area contributed by atoms with Crippen LogP contribution in [0.3, 0.4) is 0 Å². The smallest absolute Gasteiger partial charge is 0.135 e. The molecule has 4 heterocycles. The summed E-state index contributed by atoms with van der Waals surface area (Å²) >= 11 is 0. The molecule has 294 valence electrons. The molecule has 13 rings (SSSR count). The van der Waals surface area contributed by atoms with E-state index in [1.807, 2.05) is 0 Å². The molecule has 0 amide bonds. The molecule has 0 aliphatic rings. The van der Waals surface area contributed by atoms with E-state index in [1.54, 1.807) is 0 Å². The maximum atomic E-state index is 6.49. The Labute approximate surface area is 363 Å². The van der Waals surface area contributed by atoms with Crippen LogP contribution in [0.1, 0.15) is 0 Å². The fourth-order valence-corrected chi connectivity index (χ4v) is 9.75. The van der Waals surface area contributed by atoms with Gasteiger partial charge in [0.2, 0.25) is 0 Å². The second-order valence-corrected chi connectivity index (χ2v) is 16.4. The molecule has 4 nitrogen and oxygen atoms in total. The van der Waals surface area contributed by atoms with Crippen LogP contribution in [-0.4, -0.2) is 14.1 Å². The summed E-state index contributed by atoms with van der Waals surface area (Å²) in [5.41, 5.74) is 17.3. The molecular formula is C59H37N3O. The number of hydrogen-bond acceptors (Lipinski definition) is 2. The van der Waals surface area contributed by atoms with Gasteiger partial charge < -0.3 is 13.6 Å². The van der Waals surface area contributed by atoms with Crippen LogP contribution in [0, 0.1) is 0 Å². The Kier molecular flexibility index (Phi) is 7.87. The summed E-state index contributed by atoms with van der Waals surface area (Å²) < 4.78 is 11.2. The van der Waals surface area contributed by atoms with Crippen LogP contribution < -0.4 is 0 Å². The normalized spacial score (nSPS) is 11.8. The van der Waals surface area contributed by atoms with E-state index in [0.717, 1.165) is 66.9 Å². The van der Waals surface area contributed by atoms with E-state index in [9.17, 15) is 0 Å². The van der Waals surface area contributed by atoms with Crippen molar-refractivity contribution in [1.29, 1.82) is 0 Å². The van der Waals surface area contributed by atoms with Gasteiger partial charge in [0.25, 0.3) is 0 Å². The lowest BCUT2D eigenvalue weighted by molar-refractivity contribution is 0.669. The third kappa shape index (κ3) is 5.73. The van der Waals surface area contributed by atoms with E-state index >= 15 is 0 Å². The molecule has 0 bridgehead atoms. The van der Waals surface area contributed by atoms with Crippen molar-refractivity contribution < 1.29 is 4.42 Å². The van der Waals surface area contributed by atoms with E-state index in [0.29, 0.717) is 0 Å². The summed E-state index contributed by atoms with van der Waals surface area (Å²) in [5.74, 6) is 0. The molecule has 0 spiro atoms.